The van der Waals surface area contributed by atoms with Crippen LogP contribution >= 0.6 is 23.7 Å². The van der Waals surface area contributed by atoms with Crippen LogP contribution in [0, 0.1) is 11.8 Å². The maximum atomic E-state index is 4.11. The number of hydrogen-bond acceptors (Lipinski definition) is 4. The van der Waals surface area contributed by atoms with E-state index >= 15 is 0 Å². The highest BCUT2D eigenvalue weighted by Crippen LogP contribution is 2.38. The highest BCUT2D eigenvalue weighted by molar-refractivity contribution is 7.10. The number of nitrogens with zero attached hydrogens (tertiary/aromatic N) is 2. The molecule has 2 atom stereocenters. The molecule has 1 aliphatic heterocycles. The van der Waals surface area contributed by atoms with Gasteiger partial charge in [-0.05, 0) is 30.4 Å². The lowest BCUT2D eigenvalue weighted by Gasteiger charge is -2.04. The lowest BCUT2D eigenvalue weighted by atomic mass is 10.00. The Morgan fingerprint density at radius 2 is 2.36 bits per heavy atom. The first-order valence-corrected chi connectivity index (χ1v) is 5.49. The second-order valence-electron chi connectivity index (χ2n) is 3.72. The fraction of sp³-hybridized carbons (Fsp3) is 0.556. The van der Waals surface area contributed by atoms with E-state index in [0.29, 0.717) is 0 Å². The van der Waals surface area contributed by atoms with E-state index in [9.17, 15) is 0 Å². The molecule has 76 valence electrons. The van der Waals surface area contributed by atoms with Crippen molar-refractivity contribution in [3.05, 3.63) is 16.6 Å². The normalized spacial score (nSPS) is 29.6. The first-order chi connectivity index (χ1) is 6.43. The maximum absolute atomic E-state index is 4.11. The largest absolute Gasteiger partial charge is 0.316 e. The van der Waals surface area contributed by atoms with E-state index in [1.54, 1.807) is 11.3 Å². The van der Waals surface area contributed by atoms with Gasteiger partial charge in [-0.3, -0.25) is 0 Å². The Morgan fingerprint density at radius 3 is 3.07 bits per heavy atom. The molecule has 0 unspecified atom stereocenters. The summed E-state index contributed by atoms with van der Waals surface area (Å²) in [6.45, 7) is 2.32. The highest BCUT2D eigenvalue weighted by Gasteiger charge is 2.32. The first kappa shape index (κ1) is 10.1. The second-order valence-corrected chi connectivity index (χ2v) is 4.56. The van der Waals surface area contributed by atoms with Crippen LogP contribution in [0.2, 0.25) is 0 Å². The van der Waals surface area contributed by atoms with Gasteiger partial charge in [0.05, 0.1) is 0 Å². The average molecular weight is 230 g/mol. The molecule has 0 saturated carbocycles. The van der Waals surface area contributed by atoms with Gasteiger partial charge in [-0.2, -0.15) is 0 Å². The van der Waals surface area contributed by atoms with Gasteiger partial charge in [0, 0.05) is 6.54 Å². The number of rotatable bonds is 1. The molecule has 0 amide bonds. The zero-order valence-corrected chi connectivity index (χ0v) is 9.27. The van der Waals surface area contributed by atoms with Gasteiger partial charge in [0.15, 0.2) is 0 Å². The van der Waals surface area contributed by atoms with Crippen molar-refractivity contribution in [2.75, 3.05) is 13.1 Å². The van der Waals surface area contributed by atoms with Crippen molar-refractivity contribution in [1.82, 2.24) is 15.5 Å². The fourth-order valence-electron chi connectivity index (χ4n) is 2.25. The molecule has 1 N–H and O–H groups in total. The monoisotopic (exact) mass is 229 g/mol. The molecular weight excluding hydrogens is 218 g/mol. The van der Waals surface area contributed by atoms with Crippen molar-refractivity contribution in [1.29, 1.82) is 0 Å². The molecule has 2 aliphatic rings. The van der Waals surface area contributed by atoms with E-state index in [4.69, 9.17) is 0 Å². The third-order valence-corrected chi connectivity index (χ3v) is 3.69. The standard InChI is InChI=1S/C9H11N3S.ClH/c1-6(9-12-11-5-13-9)2-8-4-10-3-7(1)8;/h1,5,7-8,10H,2-4H2;1H/t7-,8+;/m1./s1. The molecule has 1 aromatic heterocycles. The summed E-state index contributed by atoms with van der Waals surface area (Å²) >= 11 is 1.65. The average Bonchev–Trinajstić information content (AvgIpc) is 2.78. The molecular formula is C9H12ClN3S. The lowest BCUT2D eigenvalue weighted by Crippen LogP contribution is -2.09. The Hall–Kier alpha value is -0.450. The Morgan fingerprint density at radius 1 is 1.43 bits per heavy atom. The summed E-state index contributed by atoms with van der Waals surface area (Å²) in [4.78, 5) is 0. The summed E-state index contributed by atoms with van der Waals surface area (Å²) in [6.07, 6.45) is 3.57. The second kappa shape index (κ2) is 3.96. The number of fused-ring (bicyclic) bond motifs is 1. The molecule has 0 bridgehead atoms. The smallest absolute Gasteiger partial charge is 0.143 e. The third kappa shape index (κ3) is 1.58. The third-order valence-electron chi connectivity index (χ3n) is 2.92. The van der Waals surface area contributed by atoms with E-state index in [2.05, 4.69) is 21.6 Å². The number of aromatic nitrogens is 2. The topological polar surface area (TPSA) is 37.8 Å². The van der Waals surface area contributed by atoms with Gasteiger partial charge in [-0.25, -0.2) is 0 Å². The lowest BCUT2D eigenvalue weighted by molar-refractivity contribution is 0.536. The van der Waals surface area contributed by atoms with Crippen molar-refractivity contribution in [3.8, 4) is 0 Å². The molecule has 0 radical (unpaired) electrons. The van der Waals surface area contributed by atoms with Gasteiger partial charge in [-0.1, -0.05) is 6.08 Å². The molecule has 2 heterocycles. The Bertz CT molecular complexity index is 336. The van der Waals surface area contributed by atoms with Crippen molar-refractivity contribution in [2.45, 2.75) is 6.42 Å². The summed E-state index contributed by atoms with van der Waals surface area (Å²) in [5.41, 5.74) is 3.22. The molecule has 14 heavy (non-hydrogen) atoms. The minimum Gasteiger partial charge on any atom is -0.316 e. The first-order valence-electron chi connectivity index (χ1n) is 4.61. The molecule has 3 rings (SSSR count). The molecule has 3 nitrogen and oxygen atoms in total. The number of nitrogens with one attached hydrogen (secondary N) is 1. The predicted molar refractivity (Wildman–Crippen MR) is 59.6 cm³/mol. The van der Waals surface area contributed by atoms with Crippen LogP contribution in [0.4, 0.5) is 0 Å². The van der Waals surface area contributed by atoms with Gasteiger partial charge in [-0.15, -0.1) is 33.9 Å². The molecule has 0 aromatic carbocycles. The van der Waals surface area contributed by atoms with Crippen LogP contribution in [-0.4, -0.2) is 23.3 Å². The maximum Gasteiger partial charge on any atom is 0.143 e. The van der Waals surface area contributed by atoms with Gasteiger partial charge in [0.1, 0.15) is 10.5 Å². The summed E-state index contributed by atoms with van der Waals surface area (Å²) in [5.74, 6) is 1.57. The van der Waals surface area contributed by atoms with Crippen molar-refractivity contribution in [2.24, 2.45) is 11.8 Å². The van der Waals surface area contributed by atoms with Crippen molar-refractivity contribution in [3.63, 3.8) is 0 Å². The van der Waals surface area contributed by atoms with Crippen LogP contribution in [-0.2, 0) is 0 Å². The van der Waals surface area contributed by atoms with Crippen LogP contribution in [0.25, 0.3) is 5.57 Å². The molecule has 1 aromatic rings. The summed E-state index contributed by atoms with van der Waals surface area (Å²) < 4.78 is 0. The molecule has 1 aliphatic carbocycles. The Kier molecular flexibility index (Phi) is 2.85. The zero-order valence-electron chi connectivity index (χ0n) is 7.64. The summed E-state index contributed by atoms with van der Waals surface area (Å²) in [5, 5.41) is 12.5. The molecule has 5 heteroatoms. The van der Waals surface area contributed by atoms with Crippen molar-refractivity contribution < 1.29 is 0 Å². The van der Waals surface area contributed by atoms with Gasteiger partial charge in [0.25, 0.3) is 0 Å². The van der Waals surface area contributed by atoms with Crippen LogP contribution in [0.3, 0.4) is 0 Å². The predicted octanol–water partition coefficient (Wildman–Crippen LogP) is 1.58. The van der Waals surface area contributed by atoms with E-state index in [-0.39, 0.29) is 12.4 Å². The Balaban J connectivity index is 0.000000750. The Labute approximate surface area is 93.0 Å². The number of hydrogen-bond donors (Lipinski definition) is 1. The van der Waals surface area contributed by atoms with Gasteiger partial charge >= 0.3 is 0 Å². The quantitative estimate of drug-likeness (QED) is 0.795. The van der Waals surface area contributed by atoms with Crippen LogP contribution in [0.5, 0.6) is 0 Å². The summed E-state index contributed by atoms with van der Waals surface area (Å²) in [6, 6.07) is 0. The highest BCUT2D eigenvalue weighted by atomic mass is 35.5. The van der Waals surface area contributed by atoms with Gasteiger partial charge in [0.2, 0.25) is 0 Å². The summed E-state index contributed by atoms with van der Waals surface area (Å²) in [7, 11) is 0. The molecule has 1 fully saturated rings. The number of allylic oxidation sites excluding steroid dienone is 1. The van der Waals surface area contributed by atoms with Crippen LogP contribution < -0.4 is 5.32 Å². The van der Waals surface area contributed by atoms with E-state index in [1.165, 1.54) is 18.5 Å². The minimum absolute atomic E-state index is 0. The minimum atomic E-state index is 0. The van der Waals surface area contributed by atoms with Crippen molar-refractivity contribution >= 4 is 29.3 Å². The number of halogens is 1. The fourth-order valence-corrected chi connectivity index (χ4v) is 2.84. The van der Waals surface area contributed by atoms with Crippen LogP contribution in [0.1, 0.15) is 11.4 Å². The zero-order chi connectivity index (χ0) is 8.67. The van der Waals surface area contributed by atoms with E-state index < -0.39 is 0 Å². The SMILES string of the molecule is C1=C(c2nncs2)C[C@H]2CNC[C@@H]12.Cl. The van der Waals surface area contributed by atoms with Gasteiger partial charge < -0.3 is 5.32 Å². The van der Waals surface area contributed by atoms with Crippen LogP contribution in [0.15, 0.2) is 11.6 Å². The molecule has 0 spiro atoms. The van der Waals surface area contributed by atoms with E-state index in [1.807, 2.05) is 5.51 Å². The molecule has 1 saturated heterocycles. The van der Waals surface area contributed by atoms with E-state index in [0.717, 1.165) is 23.4 Å².